The average Bonchev–Trinajstić information content (AvgIpc) is 3.08. The minimum Gasteiger partial charge on any atom is -0.457 e. The standard InChI is InChI=1S/C30H39NO5/c1-18-10-9-13-23-27(33)20(3)19(2)26-24(16-22-11-7-6-8-12-22)31-28(34)30(23,26)25(36-21(4)32)14-15-29(5,35)17-18/h6-9,11-15,18-19,23-27,33,35H,3,10,16-17H2,1-2,4-5H3,(H,31,34)/b13-9+,15-14+/t18-,19+,23?,24-,25+,26-,27+,29-,30?/m0/s1. The van der Waals surface area contributed by atoms with Crippen LogP contribution in [-0.2, 0) is 20.7 Å². The molecule has 6 nitrogen and oxygen atoms in total. The lowest BCUT2D eigenvalue weighted by Crippen LogP contribution is -2.60. The number of ether oxygens (including phenoxy) is 1. The average molecular weight is 494 g/mol. The van der Waals surface area contributed by atoms with E-state index < -0.39 is 35.1 Å². The number of rotatable bonds is 3. The Labute approximate surface area is 214 Å². The molecule has 4 rings (SSSR count). The van der Waals surface area contributed by atoms with Crippen LogP contribution in [0.3, 0.4) is 0 Å². The fourth-order valence-corrected chi connectivity index (χ4v) is 6.90. The van der Waals surface area contributed by atoms with Crippen LogP contribution in [0.15, 0.2) is 66.8 Å². The van der Waals surface area contributed by atoms with Gasteiger partial charge in [-0.2, -0.15) is 0 Å². The number of benzene rings is 1. The van der Waals surface area contributed by atoms with Crippen molar-refractivity contribution in [3.05, 3.63) is 72.4 Å². The number of nitrogens with one attached hydrogen (secondary N) is 1. The molecule has 6 heteroatoms. The van der Waals surface area contributed by atoms with Crippen molar-refractivity contribution in [1.29, 1.82) is 0 Å². The van der Waals surface area contributed by atoms with Gasteiger partial charge >= 0.3 is 5.97 Å². The first kappa shape index (κ1) is 26.4. The molecule has 3 aliphatic rings. The largest absolute Gasteiger partial charge is 0.457 e. The molecule has 1 saturated carbocycles. The number of hydrogen-bond acceptors (Lipinski definition) is 5. The number of aliphatic hydroxyl groups is 2. The van der Waals surface area contributed by atoms with Gasteiger partial charge in [-0.1, -0.05) is 69.0 Å². The molecule has 1 saturated heterocycles. The Morgan fingerprint density at radius 1 is 1.22 bits per heavy atom. The van der Waals surface area contributed by atoms with E-state index in [2.05, 4.69) is 18.8 Å². The van der Waals surface area contributed by atoms with E-state index in [4.69, 9.17) is 4.74 Å². The zero-order chi connectivity index (χ0) is 26.3. The van der Waals surface area contributed by atoms with Gasteiger partial charge in [0.05, 0.1) is 11.7 Å². The second-order valence-electron chi connectivity index (χ2n) is 11.3. The van der Waals surface area contributed by atoms with Crippen molar-refractivity contribution in [2.24, 2.45) is 29.1 Å². The van der Waals surface area contributed by atoms with Gasteiger partial charge in [-0.05, 0) is 55.2 Å². The summed E-state index contributed by atoms with van der Waals surface area (Å²) in [6.45, 7) is 11.3. The van der Waals surface area contributed by atoms with Crippen molar-refractivity contribution in [3.63, 3.8) is 0 Å². The summed E-state index contributed by atoms with van der Waals surface area (Å²) in [4.78, 5) is 26.5. The number of aliphatic hydroxyl groups excluding tert-OH is 1. The Morgan fingerprint density at radius 3 is 2.58 bits per heavy atom. The van der Waals surface area contributed by atoms with Crippen LogP contribution in [0, 0.1) is 29.1 Å². The summed E-state index contributed by atoms with van der Waals surface area (Å²) in [5.74, 6) is -1.75. The van der Waals surface area contributed by atoms with E-state index in [9.17, 15) is 19.8 Å². The third-order valence-electron chi connectivity index (χ3n) is 8.43. The summed E-state index contributed by atoms with van der Waals surface area (Å²) in [6, 6.07) is 9.73. The Bertz CT molecular complexity index is 1060. The normalized spacial score (nSPS) is 42.3. The second-order valence-corrected chi connectivity index (χ2v) is 11.3. The molecule has 1 amide bonds. The molecule has 36 heavy (non-hydrogen) atoms. The summed E-state index contributed by atoms with van der Waals surface area (Å²) in [6.07, 6.45) is 7.09. The van der Waals surface area contributed by atoms with Crippen LogP contribution in [0.5, 0.6) is 0 Å². The molecule has 1 aliphatic heterocycles. The number of hydrogen-bond donors (Lipinski definition) is 3. The van der Waals surface area contributed by atoms with E-state index >= 15 is 0 Å². The van der Waals surface area contributed by atoms with Crippen LogP contribution in [0.25, 0.3) is 0 Å². The van der Waals surface area contributed by atoms with Gasteiger partial charge in [0.15, 0.2) is 0 Å². The molecular formula is C30H39NO5. The van der Waals surface area contributed by atoms with Gasteiger partial charge in [-0.3, -0.25) is 9.59 Å². The number of allylic oxidation sites excluding steroid dienone is 1. The van der Waals surface area contributed by atoms with Crippen LogP contribution in [0.4, 0.5) is 0 Å². The maximum Gasteiger partial charge on any atom is 0.303 e. The molecule has 2 aliphatic carbocycles. The highest BCUT2D eigenvalue weighted by Crippen LogP contribution is 2.58. The lowest BCUT2D eigenvalue weighted by Gasteiger charge is -2.52. The lowest BCUT2D eigenvalue weighted by atomic mass is 9.51. The SMILES string of the molecule is C=C1[C@@H](O)C2/C=C/C[C@H](C)C[C@@](C)(O)/C=C/[C@@H](OC(C)=O)C23C(=O)N[C@@H](Cc2ccccc2)[C@@H]3[C@@H]1C. The maximum atomic E-state index is 14.2. The van der Waals surface area contributed by atoms with Crippen molar-refractivity contribution in [2.45, 2.75) is 70.8 Å². The first-order valence-electron chi connectivity index (χ1n) is 12.9. The fourth-order valence-electron chi connectivity index (χ4n) is 6.90. The zero-order valence-corrected chi connectivity index (χ0v) is 21.7. The van der Waals surface area contributed by atoms with Crippen LogP contribution < -0.4 is 5.32 Å². The van der Waals surface area contributed by atoms with E-state index in [0.717, 1.165) is 5.56 Å². The van der Waals surface area contributed by atoms with Crippen LogP contribution >= 0.6 is 0 Å². The molecule has 0 bridgehead atoms. The van der Waals surface area contributed by atoms with Crippen LogP contribution in [-0.4, -0.2) is 45.9 Å². The molecule has 2 unspecified atom stereocenters. The zero-order valence-electron chi connectivity index (χ0n) is 21.7. The minimum atomic E-state index is -1.26. The van der Waals surface area contributed by atoms with E-state index in [0.29, 0.717) is 24.8 Å². The van der Waals surface area contributed by atoms with Gasteiger partial charge in [0, 0.05) is 24.8 Å². The second kappa shape index (κ2) is 9.98. The van der Waals surface area contributed by atoms with Crippen LogP contribution in [0.1, 0.15) is 46.1 Å². The van der Waals surface area contributed by atoms with Crippen LogP contribution in [0.2, 0.25) is 0 Å². The smallest absolute Gasteiger partial charge is 0.303 e. The predicted molar refractivity (Wildman–Crippen MR) is 139 cm³/mol. The lowest BCUT2D eigenvalue weighted by molar-refractivity contribution is -0.166. The molecule has 3 N–H and O–H groups in total. The Hall–Kier alpha value is -2.70. The molecule has 1 aromatic carbocycles. The Balaban J connectivity index is 1.92. The van der Waals surface area contributed by atoms with Gasteiger partial charge in [0.2, 0.25) is 5.91 Å². The van der Waals surface area contributed by atoms with Gasteiger partial charge < -0.3 is 20.3 Å². The Morgan fingerprint density at radius 2 is 1.92 bits per heavy atom. The monoisotopic (exact) mass is 493 g/mol. The van der Waals surface area contributed by atoms with Crippen molar-refractivity contribution in [3.8, 4) is 0 Å². The molecule has 194 valence electrons. The highest BCUT2D eigenvalue weighted by molar-refractivity contribution is 5.89. The quantitative estimate of drug-likeness (QED) is 0.440. The molecule has 9 atom stereocenters. The summed E-state index contributed by atoms with van der Waals surface area (Å²) in [5.41, 5.74) is -0.635. The number of carbonyl (C=O) groups excluding carboxylic acids is 2. The molecule has 2 fully saturated rings. The van der Waals surface area contributed by atoms with Gasteiger partial charge in [-0.15, -0.1) is 0 Å². The third kappa shape index (κ3) is 4.69. The highest BCUT2D eigenvalue weighted by Gasteiger charge is 2.68. The number of carbonyl (C=O) groups is 2. The van der Waals surface area contributed by atoms with E-state index in [1.54, 1.807) is 19.1 Å². The maximum absolute atomic E-state index is 14.2. The summed E-state index contributed by atoms with van der Waals surface area (Å²) in [7, 11) is 0. The molecule has 0 aromatic heterocycles. The van der Waals surface area contributed by atoms with Gasteiger partial charge in [0.1, 0.15) is 11.5 Å². The van der Waals surface area contributed by atoms with Crippen molar-refractivity contribution < 1.29 is 24.5 Å². The van der Waals surface area contributed by atoms with E-state index in [1.807, 2.05) is 49.4 Å². The van der Waals surface area contributed by atoms with E-state index in [1.165, 1.54) is 6.92 Å². The topological polar surface area (TPSA) is 95.9 Å². The first-order chi connectivity index (χ1) is 17.0. The molecule has 1 aromatic rings. The summed E-state index contributed by atoms with van der Waals surface area (Å²) in [5, 5.41) is 25.8. The first-order valence-corrected chi connectivity index (χ1v) is 12.9. The number of amides is 1. The summed E-state index contributed by atoms with van der Waals surface area (Å²) >= 11 is 0. The highest BCUT2D eigenvalue weighted by atomic mass is 16.5. The van der Waals surface area contributed by atoms with Crippen molar-refractivity contribution >= 4 is 11.9 Å². The van der Waals surface area contributed by atoms with Crippen molar-refractivity contribution in [1.82, 2.24) is 5.32 Å². The summed E-state index contributed by atoms with van der Waals surface area (Å²) < 4.78 is 5.89. The van der Waals surface area contributed by atoms with Gasteiger partial charge in [0.25, 0.3) is 0 Å². The molecule has 1 spiro atoms. The van der Waals surface area contributed by atoms with Gasteiger partial charge in [-0.25, -0.2) is 0 Å². The molecule has 0 radical (unpaired) electrons. The third-order valence-corrected chi connectivity index (χ3v) is 8.43. The Kier molecular flexibility index (Phi) is 7.31. The number of esters is 1. The minimum absolute atomic E-state index is 0.170. The predicted octanol–water partition coefficient (Wildman–Crippen LogP) is 3.74. The molecular weight excluding hydrogens is 454 g/mol. The molecule has 1 heterocycles. The fraction of sp³-hybridized carbons (Fsp3) is 0.533. The van der Waals surface area contributed by atoms with Crippen molar-refractivity contribution in [2.75, 3.05) is 0 Å². The van der Waals surface area contributed by atoms with E-state index in [-0.39, 0.29) is 29.7 Å².